The number of hydrogen-bond acceptors (Lipinski definition) is 7. The third kappa shape index (κ3) is 3.64. The topological polar surface area (TPSA) is 100 Å². The first kappa shape index (κ1) is 20.3. The van der Waals surface area contributed by atoms with Crippen LogP contribution in [0.1, 0.15) is 35.6 Å². The fourth-order valence-corrected chi connectivity index (χ4v) is 4.52. The summed E-state index contributed by atoms with van der Waals surface area (Å²) in [4.78, 5) is 33.6. The standard InChI is InChI=1S/C23H26N8O/c1-13-9-30(10-14(2)26-13)22-17-6-5-7-24-20(17)18(8-25-22)23(32)29-19-12-31-11-15(3)27-16(4)21(31)28-19/h5-8,11-14,26H,9-10H2,1-4H3,(H,29,32)/t13-,14-/m0/s1. The van der Waals surface area contributed by atoms with Crippen LogP contribution in [0.15, 0.2) is 36.9 Å². The van der Waals surface area contributed by atoms with Crippen LogP contribution in [0, 0.1) is 13.8 Å². The molecule has 9 heteroatoms. The number of carbonyl (C=O) groups is 1. The molecule has 164 valence electrons. The van der Waals surface area contributed by atoms with Gasteiger partial charge in [-0.05, 0) is 39.8 Å². The maximum Gasteiger partial charge on any atom is 0.260 e. The van der Waals surface area contributed by atoms with Gasteiger partial charge in [-0.3, -0.25) is 14.8 Å². The summed E-state index contributed by atoms with van der Waals surface area (Å²) >= 11 is 0. The average molecular weight is 431 g/mol. The van der Waals surface area contributed by atoms with E-state index in [1.54, 1.807) is 18.6 Å². The Balaban J connectivity index is 1.49. The van der Waals surface area contributed by atoms with Gasteiger partial charge < -0.3 is 19.9 Å². The molecule has 1 aliphatic heterocycles. The van der Waals surface area contributed by atoms with Crippen molar-refractivity contribution in [2.24, 2.45) is 0 Å². The number of hydrogen-bond donors (Lipinski definition) is 2. The molecule has 1 aliphatic rings. The van der Waals surface area contributed by atoms with Gasteiger partial charge in [-0.1, -0.05) is 0 Å². The van der Waals surface area contributed by atoms with Crippen molar-refractivity contribution >= 4 is 34.1 Å². The second-order valence-electron chi connectivity index (χ2n) is 8.55. The van der Waals surface area contributed by atoms with Crippen LogP contribution < -0.4 is 15.5 Å². The number of imidazole rings is 1. The Kier molecular flexibility index (Phi) is 4.97. The van der Waals surface area contributed by atoms with E-state index in [2.05, 4.69) is 44.3 Å². The quantitative estimate of drug-likeness (QED) is 0.515. The van der Waals surface area contributed by atoms with Crippen LogP contribution in [-0.4, -0.2) is 55.4 Å². The number of nitrogens with one attached hydrogen (secondary N) is 2. The molecular weight excluding hydrogens is 404 g/mol. The van der Waals surface area contributed by atoms with Gasteiger partial charge in [-0.2, -0.15) is 0 Å². The second-order valence-corrected chi connectivity index (χ2v) is 8.55. The van der Waals surface area contributed by atoms with Crippen LogP contribution >= 0.6 is 0 Å². The normalized spacial score (nSPS) is 18.9. The minimum atomic E-state index is -0.291. The Hall–Kier alpha value is -3.59. The highest BCUT2D eigenvalue weighted by Gasteiger charge is 2.25. The molecule has 1 amide bonds. The Morgan fingerprint density at radius 3 is 2.69 bits per heavy atom. The summed E-state index contributed by atoms with van der Waals surface area (Å²) < 4.78 is 1.87. The monoisotopic (exact) mass is 430 g/mol. The van der Waals surface area contributed by atoms with Crippen LogP contribution in [0.25, 0.3) is 16.6 Å². The van der Waals surface area contributed by atoms with E-state index in [0.717, 1.165) is 35.7 Å². The highest BCUT2D eigenvalue weighted by Crippen LogP contribution is 2.27. The molecule has 9 nitrogen and oxygen atoms in total. The number of carbonyl (C=O) groups excluding carboxylic acids is 1. The summed E-state index contributed by atoms with van der Waals surface area (Å²) in [5.41, 5.74) is 3.46. The molecule has 5 rings (SSSR count). The molecule has 1 saturated heterocycles. The smallest absolute Gasteiger partial charge is 0.260 e. The zero-order chi connectivity index (χ0) is 22.4. The number of aromatic nitrogens is 5. The Bertz CT molecular complexity index is 1320. The summed E-state index contributed by atoms with van der Waals surface area (Å²) in [7, 11) is 0. The number of piperazine rings is 1. The van der Waals surface area contributed by atoms with Gasteiger partial charge in [0.15, 0.2) is 11.5 Å². The van der Waals surface area contributed by atoms with E-state index in [4.69, 9.17) is 4.98 Å². The van der Waals surface area contributed by atoms with Gasteiger partial charge in [0.25, 0.3) is 5.91 Å². The van der Waals surface area contributed by atoms with E-state index in [-0.39, 0.29) is 5.91 Å². The van der Waals surface area contributed by atoms with Gasteiger partial charge in [-0.25, -0.2) is 9.97 Å². The maximum absolute atomic E-state index is 13.2. The third-order valence-corrected chi connectivity index (χ3v) is 5.69. The molecular formula is C23H26N8O. The van der Waals surface area contributed by atoms with Crippen molar-refractivity contribution < 1.29 is 4.79 Å². The first-order chi connectivity index (χ1) is 15.4. The molecule has 2 N–H and O–H groups in total. The van der Waals surface area contributed by atoms with Crippen molar-refractivity contribution in [3.05, 3.63) is 53.9 Å². The number of amides is 1. The van der Waals surface area contributed by atoms with Crippen molar-refractivity contribution in [3.8, 4) is 0 Å². The van der Waals surface area contributed by atoms with E-state index < -0.39 is 0 Å². The first-order valence-electron chi connectivity index (χ1n) is 10.8. The van der Waals surface area contributed by atoms with Gasteiger partial charge in [0.2, 0.25) is 0 Å². The van der Waals surface area contributed by atoms with E-state index in [1.165, 1.54) is 0 Å². The predicted octanol–water partition coefficient (Wildman–Crippen LogP) is 2.73. The molecule has 32 heavy (non-hydrogen) atoms. The molecule has 0 spiro atoms. The van der Waals surface area contributed by atoms with Crippen molar-refractivity contribution in [2.45, 2.75) is 39.8 Å². The zero-order valence-corrected chi connectivity index (χ0v) is 18.6. The lowest BCUT2D eigenvalue weighted by Gasteiger charge is -2.37. The van der Waals surface area contributed by atoms with E-state index in [0.29, 0.717) is 34.6 Å². The van der Waals surface area contributed by atoms with E-state index in [1.807, 2.05) is 36.6 Å². The van der Waals surface area contributed by atoms with Gasteiger partial charge >= 0.3 is 0 Å². The molecule has 0 radical (unpaired) electrons. The fraction of sp³-hybridized carbons (Fsp3) is 0.348. The molecule has 0 unspecified atom stereocenters. The van der Waals surface area contributed by atoms with Crippen LogP contribution in [0.4, 0.5) is 11.6 Å². The fourth-order valence-electron chi connectivity index (χ4n) is 4.52. The van der Waals surface area contributed by atoms with Gasteiger partial charge in [0.05, 0.1) is 28.7 Å². The minimum absolute atomic E-state index is 0.291. The average Bonchev–Trinajstić information content (AvgIpc) is 3.14. The van der Waals surface area contributed by atoms with Crippen molar-refractivity contribution in [1.82, 2.24) is 29.7 Å². The molecule has 0 saturated carbocycles. The molecule has 0 aliphatic carbocycles. The summed E-state index contributed by atoms with van der Waals surface area (Å²) in [6.45, 7) is 9.85. The number of anilines is 2. The maximum atomic E-state index is 13.2. The van der Waals surface area contributed by atoms with Gasteiger partial charge in [0, 0.05) is 49.1 Å². The minimum Gasteiger partial charge on any atom is -0.353 e. The molecule has 5 heterocycles. The lowest BCUT2D eigenvalue weighted by molar-refractivity contribution is 0.102. The van der Waals surface area contributed by atoms with Crippen LogP contribution in [0.5, 0.6) is 0 Å². The highest BCUT2D eigenvalue weighted by atomic mass is 16.1. The number of fused-ring (bicyclic) bond motifs is 2. The Labute approximate surface area is 185 Å². The Morgan fingerprint density at radius 1 is 1.12 bits per heavy atom. The van der Waals surface area contributed by atoms with Crippen LogP contribution in [-0.2, 0) is 0 Å². The number of nitrogens with zero attached hydrogens (tertiary/aromatic N) is 6. The zero-order valence-electron chi connectivity index (χ0n) is 18.6. The first-order valence-corrected chi connectivity index (χ1v) is 10.8. The lowest BCUT2D eigenvalue weighted by Crippen LogP contribution is -2.54. The predicted molar refractivity (Wildman–Crippen MR) is 124 cm³/mol. The second kappa shape index (κ2) is 7.83. The van der Waals surface area contributed by atoms with Gasteiger partial charge in [0.1, 0.15) is 5.82 Å². The van der Waals surface area contributed by atoms with E-state index >= 15 is 0 Å². The van der Waals surface area contributed by atoms with Crippen molar-refractivity contribution in [1.29, 1.82) is 0 Å². The highest BCUT2D eigenvalue weighted by molar-refractivity contribution is 6.12. The molecule has 2 atom stereocenters. The molecule has 4 aromatic heterocycles. The summed E-state index contributed by atoms with van der Waals surface area (Å²) in [6.07, 6.45) is 6.99. The summed E-state index contributed by atoms with van der Waals surface area (Å²) in [5, 5.41) is 7.30. The number of rotatable bonds is 3. The summed E-state index contributed by atoms with van der Waals surface area (Å²) in [6, 6.07) is 4.56. The molecule has 0 bridgehead atoms. The lowest BCUT2D eigenvalue weighted by atomic mass is 10.1. The molecule has 1 fully saturated rings. The molecule has 4 aromatic rings. The van der Waals surface area contributed by atoms with Crippen LogP contribution in [0.2, 0.25) is 0 Å². The molecule has 0 aromatic carbocycles. The summed E-state index contributed by atoms with van der Waals surface area (Å²) in [5.74, 6) is 1.03. The SMILES string of the molecule is Cc1cn2cc(NC(=O)c3cnc(N4C[C@H](C)N[C@@H](C)C4)c4cccnc34)nc2c(C)n1. The Morgan fingerprint density at radius 2 is 1.91 bits per heavy atom. The number of pyridine rings is 2. The number of aryl methyl sites for hydroxylation is 2. The van der Waals surface area contributed by atoms with Crippen molar-refractivity contribution in [2.75, 3.05) is 23.3 Å². The van der Waals surface area contributed by atoms with E-state index in [9.17, 15) is 4.79 Å². The van der Waals surface area contributed by atoms with Crippen molar-refractivity contribution in [3.63, 3.8) is 0 Å². The van der Waals surface area contributed by atoms with Gasteiger partial charge in [-0.15, -0.1) is 0 Å². The van der Waals surface area contributed by atoms with Crippen LogP contribution in [0.3, 0.4) is 0 Å². The largest absolute Gasteiger partial charge is 0.353 e. The third-order valence-electron chi connectivity index (χ3n) is 5.69.